The molecule has 0 amide bonds. The number of sulfonamides is 1. The predicted molar refractivity (Wildman–Crippen MR) is 102 cm³/mol. The first-order chi connectivity index (χ1) is 12.9. The molecular formula is C16H14N4O4S3. The fourth-order valence-electron chi connectivity index (χ4n) is 2.26. The molecule has 1 aromatic carbocycles. The number of rotatable bonds is 6. The molecule has 0 radical (unpaired) electrons. The van der Waals surface area contributed by atoms with Gasteiger partial charge in [-0.2, -0.15) is 4.98 Å². The molecule has 0 atom stereocenters. The molecule has 0 fully saturated rings. The molecule has 4 aromatic rings. The molecule has 11 heteroatoms. The van der Waals surface area contributed by atoms with Crippen molar-refractivity contribution in [3.63, 3.8) is 0 Å². The zero-order chi connectivity index (χ0) is 19.0. The number of aromatic nitrogens is 3. The molecule has 0 aliphatic heterocycles. The monoisotopic (exact) mass is 422 g/mol. The van der Waals surface area contributed by atoms with Crippen LogP contribution in [0.25, 0.3) is 21.8 Å². The Morgan fingerprint density at radius 3 is 2.81 bits per heavy atom. The number of hydrogen-bond donors (Lipinski definition) is 0. The molecule has 8 nitrogen and oxygen atoms in total. The number of benzene rings is 1. The maximum Gasteiger partial charge on any atom is 0.257 e. The number of oxazole rings is 1. The second-order valence-electron chi connectivity index (χ2n) is 5.67. The third-order valence-corrected chi connectivity index (χ3v) is 7.14. The number of thioether (sulfide) groups is 1. The van der Waals surface area contributed by atoms with Crippen LogP contribution in [0.5, 0.6) is 0 Å². The number of nitrogens with zero attached hydrogens (tertiary/aromatic N) is 4. The van der Waals surface area contributed by atoms with Crippen LogP contribution in [0.15, 0.2) is 54.8 Å². The van der Waals surface area contributed by atoms with Crippen LogP contribution < -0.4 is 0 Å². The Bertz CT molecular complexity index is 1180. The Labute approximate surface area is 163 Å². The Balaban J connectivity index is 1.51. The van der Waals surface area contributed by atoms with Crippen LogP contribution in [-0.4, -0.2) is 41.9 Å². The van der Waals surface area contributed by atoms with Crippen LogP contribution in [0.4, 0.5) is 0 Å². The third-order valence-electron chi connectivity index (χ3n) is 3.65. The minimum Gasteiger partial charge on any atom is -0.431 e. The zero-order valence-electron chi connectivity index (χ0n) is 14.3. The Kier molecular flexibility index (Phi) is 4.76. The minimum atomic E-state index is -3.52. The van der Waals surface area contributed by atoms with Crippen LogP contribution in [0.3, 0.4) is 0 Å². The van der Waals surface area contributed by atoms with Gasteiger partial charge >= 0.3 is 0 Å². The van der Waals surface area contributed by atoms with Gasteiger partial charge in [0.05, 0.1) is 15.5 Å². The first kappa shape index (κ1) is 18.2. The molecule has 0 unspecified atom stereocenters. The molecule has 27 heavy (non-hydrogen) atoms. The first-order valence-electron chi connectivity index (χ1n) is 7.76. The van der Waals surface area contributed by atoms with Crippen molar-refractivity contribution < 1.29 is 17.4 Å². The highest BCUT2D eigenvalue weighted by Crippen LogP contribution is 2.29. The quantitative estimate of drug-likeness (QED) is 0.435. The van der Waals surface area contributed by atoms with Crippen molar-refractivity contribution in [3.05, 3.63) is 41.6 Å². The predicted octanol–water partition coefficient (Wildman–Crippen LogP) is 3.48. The van der Waals surface area contributed by atoms with E-state index in [1.807, 2.05) is 17.5 Å². The van der Waals surface area contributed by atoms with Gasteiger partial charge in [0.1, 0.15) is 5.52 Å². The number of fused-ring (bicyclic) bond motifs is 1. The van der Waals surface area contributed by atoms with Crippen LogP contribution in [0, 0.1) is 0 Å². The molecule has 0 bridgehead atoms. The lowest BCUT2D eigenvalue weighted by Gasteiger charge is -2.10. The van der Waals surface area contributed by atoms with Gasteiger partial charge in [-0.1, -0.05) is 23.0 Å². The second kappa shape index (κ2) is 7.08. The summed E-state index contributed by atoms with van der Waals surface area (Å²) < 4.78 is 36.5. The minimum absolute atomic E-state index is 0.169. The highest BCUT2D eigenvalue weighted by molar-refractivity contribution is 7.98. The van der Waals surface area contributed by atoms with Crippen LogP contribution in [0.1, 0.15) is 5.89 Å². The van der Waals surface area contributed by atoms with E-state index in [2.05, 4.69) is 15.1 Å². The Hall–Kier alpha value is -2.21. The molecule has 0 saturated heterocycles. The van der Waals surface area contributed by atoms with Crippen LogP contribution >= 0.6 is 23.1 Å². The van der Waals surface area contributed by atoms with Gasteiger partial charge in [-0.05, 0) is 29.6 Å². The van der Waals surface area contributed by atoms with Crippen molar-refractivity contribution in [3.8, 4) is 10.7 Å². The van der Waals surface area contributed by atoms with E-state index in [1.165, 1.54) is 49.3 Å². The first-order valence-corrected chi connectivity index (χ1v) is 11.1. The normalized spacial score (nSPS) is 12.3. The van der Waals surface area contributed by atoms with E-state index in [9.17, 15) is 8.42 Å². The van der Waals surface area contributed by atoms with E-state index in [0.29, 0.717) is 33.8 Å². The molecule has 3 heterocycles. The molecule has 0 saturated carbocycles. The molecule has 3 aromatic heterocycles. The summed E-state index contributed by atoms with van der Waals surface area (Å²) in [5.41, 5.74) is 0.991. The second-order valence-corrected chi connectivity index (χ2v) is 9.70. The van der Waals surface area contributed by atoms with Crippen molar-refractivity contribution in [2.75, 3.05) is 14.1 Å². The Morgan fingerprint density at radius 1 is 1.22 bits per heavy atom. The van der Waals surface area contributed by atoms with E-state index in [0.717, 1.165) is 9.18 Å². The lowest BCUT2D eigenvalue weighted by atomic mass is 10.3. The van der Waals surface area contributed by atoms with Crippen molar-refractivity contribution in [2.24, 2.45) is 0 Å². The summed E-state index contributed by atoms with van der Waals surface area (Å²) >= 11 is 2.84. The lowest BCUT2D eigenvalue weighted by molar-refractivity contribution is 0.391. The van der Waals surface area contributed by atoms with Gasteiger partial charge in [-0.3, -0.25) is 0 Å². The zero-order valence-corrected chi connectivity index (χ0v) is 16.8. The van der Waals surface area contributed by atoms with E-state index < -0.39 is 10.0 Å². The summed E-state index contributed by atoms with van der Waals surface area (Å²) in [6, 6.07) is 8.45. The van der Waals surface area contributed by atoms with Crippen molar-refractivity contribution >= 4 is 44.2 Å². The topological polar surface area (TPSA) is 102 Å². The van der Waals surface area contributed by atoms with Crippen molar-refractivity contribution in [1.82, 2.24) is 19.4 Å². The van der Waals surface area contributed by atoms with Gasteiger partial charge < -0.3 is 8.94 Å². The average molecular weight is 423 g/mol. The van der Waals surface area contributed by atoms with Gasteiger partial charge in [0, 0.05) is 14.1 Å². The summed E-state index contributed by atoms with van der Waals surface area (Å²) in [7, 11) is -0.551. The highest BCUT2D eigenvalue weighted by atomic mass is 32.2. The summed E-state index contributed by atoms with van der Waals surface area (Å²) in [4.78, 5) is 9.79. The third kappa shape index (κ3) is 3.63. The SMILES string of the molecule is CN(C)S(=O)(=O)c1ccc2oc(SCc3nc(-c4cccs4)no3)nc2c1. The average Bonchev–Trinajstić information content (AvgIpc) is 3.37. The van der Waals surface area contributed by atoms with Gasteiger partial charge in [0.2, 0.25) is 21.7 Å². The van der Waals surface area contributed by atoms with Crippen LogP contribution in [0.2, 0.25) is 0 Å². The van der Waals surface area contributed by atoms with E-state index in [4.69, 9.17) is 8.94 Å². The molecule has 0 spiro atoms. The van der Waals surface area contributed by atoms with Crippen LogP contribution in [-0.2, 0) is 15.8 Å². The van der Waals surface area contributed by atoms with Gasteiger partial charge in [-0.25, -0.2) is 17.7 Å². The van der Waals surface area contributed by atoms with Gasteiger partial charge in [0.15, 0.2) is 5.58 Å². The maximum absolute atomic E-state index is 12.2. The molecule has 140 valence electrons. The summed E-state index contributed by atoms with van der Waals surface area (Å²) in [6.45, 7) is 0. The largest absolute Gasteiger partial charge is 0.431 e. The fourth-order valence-corrected chi connectivity index (χ4v) is 4.51. The standard InChI is InChI=1S/C16H14N4O4S3/c1-20(2)27(21,22)10-5-6-12-11(8-10)17-16(23-12)26-9-14-18-15(19-24-14)13-4-3-7-25-13/h3-8H,9H2,1-2H3. The summed E-state index contributed by atoms with van der Waals surface area (Å²) in [6.07, 6.45) is 0. The maximum atomic E-state index is 12.2. The molecule has 0 aliphatic carbocycles. The van der Waals surface area contributed by atoms with E-state index in [1.54, 1.807) is 6.07 Å². The summed E-state index contributed by atoms with van der Waals surface area (Å²) in [5.74, 6) is 1.41. The molecular weight excluding hydrogens is 408 g/mol. The molecule has 0 aliphatic rings. The molecule has 0 N–H and O–H groups in total. The number of hydrogen-bond acceptors (Lipinski definition) is 9. The smallest absolute Gasteiger partial charge is 0.257 e. The lowest BCUT2D eigenvalue weighted by Crippen LogP contribution is -2.22. The van der Waals surface area contributed by atoms with Crippen molar-refractivity contribution in [1.29, 1.82) is 0 Å². The van der Waals surface area contributed by atoms with Crippen molar-refractivity contribution in [2.45, 2.75) is 15.9 Å². The number of thiophene rings is 1. The summed E-state index contributed by atoms with van der Waals surface area (Å²) in [5, 5.41) is 6.31. The fraction of sp³-hybridized carbons (Fsp3) is 0.188. The van der Waals surface area contributed by atoms with Gasteiger partial charge in [-0.15, -0.1) is 11.3 Å². The Morgan fingerprint density at radius 2 is 2.07 bits per heavy atom. The van der Waals surface area contributed by atoms with E-state index >= 15 is 0 Å². The molecule has 4 rings (SSSR count). The van der Waals surface area contributed by atoms with Gasteiger partial charge in [0.25, 0.3) is 5.22 Å². The van der Waals surface area contributed by atoms with E-state index in [-0.39, 0.29) is 4.90 Å². The highest BCUT2D eigenvalue weighted by Gasteiger charge is 2.19.